The third-order valence-corrected chi connectivity index (χ3v) is 25.3. The van der Waals surface area contributed by atoms with Gasteiger partial charge in [0.2, 0.25) is 0 Å². The van der Waals surface area contributed by atoms with Crippen molar-refractivity contribution in [2.24, 2.45) is 0 Å². The van der Waals surface area contributed by atoms with Gasteiger partial charge in [-0.3, -0.25) is 0 Å². The summed E-state index contributed by atoms with van der Waals surface area (Å²) in [5.74, 6) is 1.35. The van der Waals surface area contributed by atoms with Crippen molar-refractivity contribution in [1.82, 2.24) is 29.9 Å². The molecule has 0 bridgehead atoms. The van der Waals surface area contributed by atoms with E-state index in [2.05, 4.69) is 328 Å². The van der Waals surface area contributed by atoms with Crippen LogP contribution in [-0.4, -0.2) is 29.9 Å². The molecule has 0 aliphatic rings. The molecule has 16 aromatic carbocycles. The minimum Gasteiger partial charge on any atom is -0.456 e. The molecule has 8 heterocycles. The summed E-state index contributed by atoms with van der Waals surface area (Å²) < 4.78 is 17.5. The van der Waals surface area contributed by atoms with Crippen LogP contribution in [-0.2, 0) is 0 Å². The van der Waals surface area contributed by atoms with E-state index in [-0.39, 0.29) is 0 Å². The van der Waals surface area contributed by atoms with Gasteiger partial charge in [0.1, 0.15) is 22.3 Å². The highest BCUT2D eigenvalue weighted by Crippen LogP contribution is 2.50. The van der Waals surface area contributed by atoms with E-state index in [1.54, 1.807) is 0 Å². The van der Waals surface area contributed by atoms with Crippen LogP contribution in [0, 0.1) is 0 Å². The molecule has 0 unspecified atom stereocenters. The van der Waals surface area contributed by atoms with Gasteiger partial charge >= 0.3 is 0 Å². The van der Waals surface area contributed by atoms with Crippen molar-refractivity contribution in [3.05, 3.63) is 400 Å². The summed E-state index contributed by atoms with van der Waals surface area (Å²) in [6, 6.07) is 140. The normalized spacial score (nSPS) is 11.7. The van der Waals surface area contributed by atoms with E-state index in [0.717, 1.165) is 145 Å². The van der Waals surface area contributed by atoms with Crippen LogP contribution in [0.25, 0.3) is 241 Å². The maximum Gasteiger partial charge on any atom is 0.160 e. The van der Waals surface area contributed by atoms with Crippen LogP contribution < -0.4 is 0 Å². The first-order chi connectivity index (χ1) is 59.4. The molecule has 24 aromatic rings. The Morgan fingerprint density at radius 2 is 0.558 bits per heavy atom. The van der Waals surface area contributed by atoms with Gasteiger partial charge in [0.05, 0.1) is 54.6 Å². The zero-order chi connectivity index (χ0) is 79.1. The number of thiophene rings is 2. The molecule has 560 valence electrons. The second-order valence-corrected chi connectivity index (χ2v) is 32.3. The molecule has 0 fully saturated rings. The molecule has 0 spiro atoms. The van der Waals surface area contributed by atoms with Gasteiger partial charge < -0.3 is 8.83 Å². The molecule has 8 aromatic heterocycles. The SMILES string of the molecule is c1ccc(-c2cccc(-c3cccc4nc(-c5cccc(-c6cc(-c7ccc8oc9ccccc9c8c7)nc(-c7ccccc7)n6)c5)c5sc6ccccc6c5c34)c2)cc1.c1ccc(-c2nc(-c3ccc(-c4nc5cccc(-c6ccccc6)c5c5c4sc4ccccc45)cc3)cc(-c3cccc(-c4cccc5c4oc4ccccc45)c3)n2)cc1. The van der Waals surface area contributed by atoms with Gasteiger partial charge in [-0.25, -0.2) is 29.9 Å². The average Bonchev–Trinajstić information content (AvgIpc) is 1.56. The fraction of sp³-hybridized carbons (Fsp3) is 0. The van der Waals surface area contributed by atoms with Crippen LogP contribution in [0.2, 0.25) is 0 Å². The smallest absolute Gasteiger partial charge is 0.160 e. The number of hydrogen-bond acceptors (Lipinski definition) is 10. The molecule has 0 saturated carbocycles. The maximum atomic E-state index is 6.43. The topological polar surface area (TPSA) is 104 Å². The summed E-state index contributed by atoms with van der Waals surface area (Å²) in [6.07, 6.45) is 0. The fourth-order valence-electron chi connectivity index (χ4n) is 17.3. The van der Waals surface area contributed by atoms with Crippen molar-refractivity contribution in [2.75, 3.05) is 0 Å². The van der Waals surface area contributed by atoms with Gasteiger partial charge in [0, 0.05) is 113 Å². The number of benzene rings is 16. The molecule has 0 atom stereocenters. The minimum absolute atomic E-state index is 0.672. The Morgan fingerprint density at radius 1 is 0.192 bits per heavy atom. The van der Waals surface area contributed by atoms with Gasteiger partial charge in [-0.1, -0.05) is 315 Å². The zero-order valence-corrected chi connectivity index (χ0v) is 66.1. The Kier molecular flexibility index (Phi) is 17.1. The highest BCUT2D eigenvalue weighted by Gasteiger charge is 2.24. The van der Waals surface area contributed by atoms with E-state index >= 15 is 0 Å². The first kappa shape index (κ1) is 70.0. The first-order valence-electron chi connectivity index (χ1n) is 40.2. The molecule has 0 aliphatic carbocycles. The lowest BCUT2D eigenvalue weighted by Gasteiger charge is -2.14. The number of pyridine rings is 2. The summed E-state index contributed by atoms with van der Waals surface area (Å²) in [5.41, 5.74) is 28.0. The lowest BCUT2D eigenvalue weighted by molar-refractivity contribution is 0.669. The number of fused-ring (bicyclic) bond motifs is 16. The van der Waals surface area contributed by atoms with Crippen molar-refractivity contribution in [2.45, 2.75) is 0 Å². The number of hydrogen-bond donors (Lipinski definition) is 0. The van der Waals surface area contributed by atoms with Gasteiger partial charge in [-0.05, 0) is 124 Å². The fourth-order valence-corrected chi connectivity index (χ4v) is 19.7. The third kappa shape index (κ3) is 12.4. The van der Waals surface area contributed by atoms with Crippen LogP contribution in [0.3, 0.4) is 0 Å². The summed E-state index contributed by atoms with van der Waals surface area (Å²) in [5, 5.41) is 11.7. The van der Waals surface area contributed by atoms with Crippen molar-refractivity contribution in [3.8, 4) is 135 Å². The zero-order valence-electron chi connectivity index (χ0n) is 64.4. The first-order valence-corrected chi connectivity index (χ1v) is 41.8. The van der Waals surface area contributed by atoms with Gasteiger partial charge in [0.15, 0.2) is 11.6 Å². The summed E-state index contributed by atoms with van der Waals surface area (Å²) >= 11 is 3.62. The lowest BCUT2D eigenvalue weighted by Crippen LogP contribution is -1.96. The number of para-hydroxylation sites is 3. The molecule has 120 heavy (non-hydrogen) atoms. The van der Waals surface area contributed by atoms with Crippen LogP contribution in [0.4, 0.5) is 0 Å². The molecule has 0 aliphatic heterocycles. The van der Waals surface area contributed by atoms with Crippen LogP contribution in [0.15, 0.2) is 409 Å². The number of aromatic nitrogens is 6. The molecular weight excluding hydrogens is 1500 g/mol. The van der Waals surface area contributed by atoms with Crippen molar-refractivity contribution < 1.29 is 8.83 Å². The van der Waals surface area contributed by atoms with Gasteiger partial charge in [0.25, 0.3) is 0 Å². The summed E-state index contributed by atoms with van der Waals surface area (Å²) in [6.45, 7) is 0. The van der Waals surface area contributed by atoms with E-state index in [1.807, 2.05) is 95.5 Å². The van der Waals surface area contributed by atoms with E-state index in [1.165, 1.54) is 84.5 Å². The molecule has 0 saturated heterocycles. The molecule has 8 nitrogen and oxygen atoms in total. The molecule has 0 radical (unpaired) electrons. The maximum absolute atomic E-state index is 6.43. The largest absolute Gasteiger partial charge is 0.456 e. The van der Waals surface area contributed by atoms with Crippen molar-refractivity contribution in [1.29, 1.82) is 0 Å². The molecule has 0 amide bonds. The monoisotopic (exact) mass is 1570 g/mol. The Balaban J connectivity index is 0.000000140. The summed E-state index contributed by atoms with van der Waals surface area (Å²) in [4.78, 5) is 31.6. The highest BCUT2D eigenvalue weighted by atomic mass is 32.1. The van der Waals surface area contributed by atoms with E-state index in [4.69, 9.17) is 38.7 Å². The number of rotatable bonds is 12. The third-order valence-electron chi connectivity index (χ3n) is 23.0. The second-order valence-electron chi connectivity index (χ2n) is 30.2. The molecule has 10 heteroatoms. The number of nitrogens with zero attached hydrogens (tertiary/aromatic N) is 6. The highest BCUT2D eigenvalue weighted by molar-refractivity contribution is 7.27. The summed E-state index contributed by atoms with van der Waals surface area (Å²) in [7, 11) is 0. The van der Waals surface area contributed by atoms with Gasteiger partial charge in [-0.2, -0.15) is 0 Å². The molecule has 0 N–H and O–H groups in total. The van der Waals surface area contributed by atoms with Crippen molar-refractivity contribution in [3.63, 3.8) is 0 Å². The van der Waals surface area contributed by atoms with E-state index in [0.29, 0.717) is 11.6 Å². The predicted molar refractivity (Wildman–Crippen MR) is 500 cm³/mol. The predicted octanol–water partition coefficient (Wildman–Crippen LogP) is 30.6. The lowest BCUT2D eigenvalue weighted by atomic mass is 9.93. The van der Waals surface area contributed by atoms with E-state index < -0.39 is 0 Å². The second kappa shape index (κ2) is 29.4. The Hall–Kier alpha value is -15.5. The van der Waals surface area contributed by atoms with Crippen LogP contribution in [0.1, 0.15) is 0 Å². The average molecular weight is 1570 g/mol. The Bertz CT molecular complexity index is 8160. The Morgan fingerprint density at radius 3 is 1.14 bits per heavy atom. The van der Waals surface area contributed by atoms with E-state index in [9.17, 15) is 0 Å². The molecular formula is C110H66N6O2S2. The van der Waals surface area contributed by atoms with Crippen LogP contribution in [0.5, 0.6) is 0 Å². The molecule has 24 rings (SSSR count). The Labute approximate surface area is 697 Å². The minimum atomic E-state index is 0.672. The number of furan rings is 2. The van der Waals surface area contributed by atoms with Gasteiger partial charge in [-0.15, -0.1) is 22.7 Å². The van der Waals surface area contributed by atoms with Crippen LogP contribution >= 0.6 is 22.7 Å². The standard InChI is InChI=1S/2C55H33N3OS/c1-3-14-34(15-4-1)36-18-11-19-37(30-36)41-24-13-25-45-51(41)52-43-23-8-10-27-50(43)60-54(52)53(56-45)40-21-12-20-38(31-40)46-33-47(58-55(57-46)35-16-5-2-6-17-35)39-28-29-49-44(32-39)42-22-7-9-26-48(42)59-49;1-3-14-34(15-4-1)40-22-13-25-45-50(40)51-44-21-8-10-27-49(44)60-54(51)52(56-45)36-30-28-35(29-31-36)46-33-47(58-55(57-46)37-16-5-2-6-17-37)39-19-11-18-38(32-39)41-23-12-24-43-42-20-7-9-26-48(42)59-53(41)43/h2*1-33H. The quantitative estimate of drug-likeness (QED) is 0.119. The van der Waals surface area contributed by atoms with Crippen molar-refractivity contribution >= 4 is 129 Å².